The van der Waals surface area contributed by atoms with Gasteiger partial charge in [0.2, 0.25) is 0 Å². The maximum atomic E-state index is 4.52. The lowest BCUT2D eigenvalue weighted by molar-refractivity contribution is 0.275. The van der Waals surface area contributed by atoms with E-state index in [1.807, 2.05) is 30.5 Å². The first-order valence-corrected chi connectivity index (χ1v) is 8.22. The van der Waals surface area contributed by atoms with E-state index in [0.29, 0.717) is 0 Å². The molecule has 2 heterocycles. The van der Waals surface area contributed by atoms with Gasteiger partial charge in [0.15, 0.2) is 0 Å². The summed E-state index contributed by atoms with van der Waals surface area (Å²) in [5.41, 5.74) is 4.87. The van der Waals surface area contributed by atoms with Crippen LogP contribution in [-0.4, -0.2) is 21.2 Å². The highest BCUT2D eigenvalue weighted by molar-refractivity contribution is 14.1. The molecule has 3 heteroatoms. The van der Waals surface area contributed by atoms with Gasteiger partial charge < -0.3 is 0 Å². The summed E-state index contributed by atoms with van der Waals surface area (Å²) in [6.45, 7) is 10.3. The van der Waals surface area contributed by atoms with Crippen molar-refractivity contribution in [3.05, 3.63) is 72.6 Å². The molecule has 3 rings (SSSR count). The van der Waals surface area contributed by atoms with Gasteiger partial charge in [0.05, 0.1) is 5.69 Å². The molecule has 1 aromatic rings. The van der Waals surface area contributed by atoms with Crippen molar-refractivity contribution in [1.82, 2.24) is 8.10 Å². The van der Waals surface area contributed by atoms with Gasteiger partial charge in [0, 0.05) is 53.1 Å². The first-order chi connectivity index (χ1) is 10.2. The average Bonchev–Trinajstić information content (AvgIpc) is 2.84. The summed E-state index contributed by atoms with van der Waals surface area (Å²) in [7, 11) is 0. The van der Waals surface area contributed by atoms with Crippen molar-refractivity contribution in [2.24, 2.45) is 5.41 Å². The lowest BCUT2D eigenvalue weighted by atomic mass is 9.74. The smallest absolute Gasteiger partial charge is 0.0705 e. The summed E-state index contributed by atoms with van der Waals surface area (Å²) in [5, 5.41) is 0. The minimum absolute atomic E-state index is 0.111. The van der Waals surface area contributed by atoms with E-state index < -0.39 is 0 Å². The number of allylic oxidation sites excluding steroid dienone is 6. The van der Waals surface area contributed by atoms with Crippen LogP contribution in [0.1, 0.15) is 18.5 Å². The fourth-order valence-electron chi connectivity index (χ4n) is 3.40. The van der Waals surface area contributed by atoms with Crippen molar-refractivity contribution in [2.75, 3.05) is 13.1 Å². The van der Waals surface area contributed by atoms with Gasteiger partial charge in [-0.25, -0.2) is 3.11 Å². The number of pyridine rings is 1. The molecule has 1 aliphatic carbocycles. The molecule has 2 nitrogen and oxygen atoms in total. The normalized spacial score (nSPS) is 21.5. The topological polar surface area (TPSA) is 16.1 Å². The molecule has 2 aliphatic rings. The lowest BCUT2D eigenvalue weighted by Gasteiger charge is -2.37. The Kier molecular flexibility index (Phi) is 4.13. The molecule has 0 atom stereocenters. The van der Waals surface area contributed by atoms with Crippen LogP contribution >= 0.6 is 22.9 Å². The van der Waals surface area contributed by atoms with Gasteiger partial charge in [-0.1, -0.05) is 37.5 Å². The number of piperidine rings is 1. The van der Waals surface area contributed by atoms with Crippen molar-refractivity contribution < 1.29 is 0 Å². The number of hydrogen-bond acceptors (Lipinski definition) is 2. The van der Waals surface area contributed by atoms with Gasteiger partial charge in [0.25, 0.3) is 0 Å². The molecule has 0 bridgehead atoms. The van der Waals surface area contributed by atoms with E-state index in [4.69, 9.17) is 0 Å². The lowest BCUT2D eigenvalue weighted by Crippen LogP contribution is -2.34. The molecule has 1 aromatic heterocycles. The summed E-state index contributed by atoms with van der Waals surface area (Å²) in [4.78, 5) is 4.52. The molecule has 1 fully saturated rings. The molecule has 0 saturated carbocycles. The first-order valence-electron chi connectivity index (χ1n) is 7.25. The second-order valence-electron chi connectivity index (χ2n) is 5.57. The second-order valence-corrected chi connectivity index (χ2v) is 6.94. The summed E-state index contributed by atoms with van der Waals surface area (Å²) in [6, 6.07) is 6.06. The Morgan fingerprint density at radius 3 is 2.52 bits per heavy atom. The van der Waals surface area contributed by atoms with Crippen molar-refractivity contribution in [2.45, 2.75) is 12.8 Å². The van der Waals surface area contributed by atoms with Gasteiger partial charge in [-0.15, -0.1) is 0 Å². The average molecular weight is 390 g/mol. The van der Waals surface area contributed by atoms with Gasteiger partial charge in [-0.2, -0.15) is 0 Å². The van der Waals surface area contributed by atoms with E-state index in [1.54, 1.807) is 0 Å². The Hall–Kier alpha value is -1.20. The number of aromatic nitrogens is 1. The van der Waals surface area contributed by atoms with Crippen LogP contribution in [0.3, 0.4) is 0 Å². The van der Waals surface area contributed by atoms with E-state index in [1.165, 1.54) is 16.7 Å². The highest BCUT2D eigenvalue weighted by Gasteiger charge is 2.40. The predicted molar refractivity (Wildman–Crippen MR) is 96.9 cm³/mol. The molecule has 21 heavy (non-hydrogen) atoms. The minimum Gasteiger partial charge on any atom is -0.256 e. The zero-order chi connectivity index (χ0) is 14.9. The van der Waals surface area contributed by atoms with E-state index in [9.17, 15) is 0 Å². The highest BCUT2D eigenvalue weighted by atomic mass is 127. The molecular weight excluding hydrogens is 371 g/mol. The molecular formula is C18H19IN2. The minimum atomic E-state index is 0.111. The molecule has 0 radical (unpaired) electrons. The molecule has 1 aliphatic heterocycles. The highest BCUT2D eigenvalue weighted by Crippen LogP contribution is 2.51. The monoisotopic (exact) mass is 390 g/mol. The fourth-order valence-corrected chi connectivity index (χ4v) is 3.89. The van der Waals surface area contributed by atoms with E-state index in [-0.39, 0.29) is 5.41 Å². The van der Waals surface area contributed by atoms with E-state index >= 15 is 0 Å². The third-order valence-electron chi connectivity index (χ3n) is 4.49. The van der Waals surface area contributed by atoms with Crippen LogP contribution in [-0.2, 0) is 0 Å². The fraction of sp³-hybridized carbons (Fsp3) is 0.278. The van der Waals surface area contributed by atoms with Crippen LogP contribution in [0.2, 0.25) is 0 Å². The molecule has 108 valence electrons. The Bertz CT molecular complexity index is 620. The molecule has 1 spiro atoms. The molecule has 0 N–H and O–H groups in total. The van der Waals surface area contributed by atoms with Gasteiger partial charge in [-0.3, -0.25) is 4.98 Å². The SMILES string of the molecule is C=CC1=C(C=C)C2(C=C1c1ccccn1)CCN(I)CC2. The maximum absolute atomic E-state index is 4.52. The Morgan fingerprint density at radius 2 is 1.95 bits per heavy atom. The summed E-state index contributed by atoms with van der Waals surface area (Å²) in [6.07, 6.45) is 10.5. The molecule has 0 unspecified atom stereocenters. The second kappa shape index (κ2) is 5.89. The summed E-state index contributed by atoms with van der Waals surface area (Å²) >= 11 is 2.42. The molecule has 0 aromatic carbocycles. The maximum Gasteiger partial charge on any atom is 0.0705 e. The Labute approximate surface area is 140 Å². The van der Waals surface area contributed by atoms with Gasteiger partial charge in [0.1, 0.15) is 0 Å². The van der Waals surface area contributed by atoms with Crippen molar-refractivity contribution in [3.63, 3.8) is 0 Å². The number of halogens is 1. The van der Waals surface area contributed by atoms with Crippen LogP contribution in [0.4, 0.5) is 0 Å². The number of rotatable bonds is 3. The van der Waals surface area contributed by atoms with Crippen molar-refractivity contribution in [1.29, 1.82) is 0 Å². The number of nitrogens with zero attached hydrogens (tertiary/aromatic N) is 2. The van der Waals surface area contributed by atoms with Crippen LogP contribution in [0.5, 0.6) is 0 Å². The van der Waals surface area contributed by atoms with E-state index in [2.05, 4.69) is 56.3 Å². The van der Waals surface area contributed by atoms with E-state index in [0.717, 1.165) is 31.6 Å². The van der Waals surface area contributed by atoms with Gasteiger partial charge >= 0.3 is 0 Å². The third kappa shape index (κ3) is 2.53. The Balaban J connectivity index is 2.10. The largest absolute Gasteiger partial charge is 0.256 e. The zero-order valence-electron chi connectivity index (χ0n) is 12.1. The zero-order valence-corrected chi connectivity index (χ0v) is 14.2. The van der Waals surface area contributed by atoms with Crippen molar-refractivity contribution >= 4 is 28.4 Å². The predicted octanol–water partition coefficient (Wildman–Crippen LogP) is 4.58. The quantitative estimate of drug-likeness (QED) is 0.555. The Morgan fingerprint density at radius 1 is 1.19 bits per heavy atom. The summed E-state index contributed by atoms with van der Waals surface area (Å²) in [5.74, 6) is 0. The number of hydrogen-bond donors (Lipinski definition) is 0. The standard InChI is InChI=1S/C18H19IN2/c1-3-14-15(17-7-5-6-10-20-17)13-18(16(14)4-2)8-11-21(19)12-9-18/h3-7,10,13H,1-2,8-9,11-12H2. The molecule has 0 amide bonds. The third-order valence-corrected chi connectivity index (χ3v) is 5.45. The molecule has 1 saturated heterocycles. The van der Waals surface area contributed by atoms with Crippen LogP contribution < -0.4 is 0 Å². The first kappa shape index (κ1) is 14.7. The van der Waals surface area contributed by atoms with Crippen LogP contribution in [0.25, 0.3) is 5.57 Å². The van der Waals surface area contributed by atoms with Crippen molar-refractivity contribution in [3.8, 4) is 0 Å². The van der Waals surface area contributed by atoms with Gasteiger partial charge in [-0.05, 0) is 36.1 Å². The van der Waals surface area contributed by atoms with Crippen LogP contribution in [0, 0.1) is 5.41 Å². The van der Waals surface area contributed by atoms with Crippen LogP contribution in [0.15, 0.2) is 66.9 Å². The summed E-state index contributed by atoms with van der Waals surface area (Å²) < 4.78 is 2.36.